The molecule has 1 fully saturated rings. The van der Waals surface area contributed by atoms with Crippen LogP contribution in [-0.4, -0.2) is 37.4 Å². The number of piperidine rings is 1. The molecular formula is C14H19NO2. The number of rotatable bonds is 4. The van der Waals surface area contributed by atoms with Gasteiger partial charge in [-0.3, -0.25) is 4.79 Å². The van der Waals surface area contributed by atoms with Crippen LogP contribution in [-0.2, 0) is 11.2 Å². The van der Waals surface area contributed by atoms with E-state index in [4.69, 9.17) is 4.74 Å². The first-order valence-electron chi connectivity index (χ1n) is 6.15. The zero-order valence-corrected chi connectivity index (χ0v) is 10.3. The Morgan fingerprint density at radius 1 is 1.29 bits per heavy atom. The fourth-order valence-corrected chi connectivity index (χ4v) is 2.14. The summed E-state index contributed by atoms with van der Waals surface area (Å²) < 4.78 is 5.20. The van der Waals surface area contributed by atoms with Crippen molar-refractivity contribution in [3.8, 4) is 5.75 Å². The van der Waals surface area contributed by atoms with Gasteiger partial charge in [0.05, 0.1) is 7.11 Å². The Kier molecular flexibility index (Phi) is 4.15. The van der Waals surface area contributed by atoms with Crippen molar-refractivity contribution >= 4 is 5.78 Å². The molecule has 0 bridgehead atoms. The van der Waals surface area contributed by atoms with Crippen molar-refractivity contribution in [3.63, 3.8) is 0 Å². The Hall–Kier alpha value is -1.35. The van der Waals surface area contributed by atoms with Crippen molar-refractivity contribution in [2.45, 2.75) is 19.3 Å². The van der Waals surface area contributed by atoms with Gasteiger partial charge in [-0.15, -0.1) is 0 Å². The van der Waals surface area contributed by atoms with Gasteiger partial charge in [0, 0.05) is 32.5 Å². The summed E-state index contributed by atoms with van der Waals surface area (Å²) in [6.07, 6.45) is 2.46. The maximum absolute atomic E-state index is 11.1. The summed E-state index contributed by atoms with van der Waals surface area (Å²) in [5.74, 6) is 1.32. The maximum Gasteiger partial charge on any atom is 0.135 e. The standard InChI is InChI=1S/C14H19NO2/c1-17-14-4-2-3-12(11-14)5-8-15-9-6-13(16)7-10-15/h2-4,11H,5-10H2,1H3. The van der Waals surface area contributed by atoms with Crippen molar-refractivity contribution in [1.82, 2.24) is 4.90 Å². The Morgan fingerprint density at radius 3 is 2.76 bits per heavy atom. The molecule has 1 aromatic carbocycles. The number of methoxy groups -OCH3 is 1. The molecule has 1 heterocycles. The number of ketones is 1. The van der Waals surface area contributed by atoms with Crippen molar-refractivity contribution < 1.29 is 9.53 Å². The third-order valence-corrected chi connectivity index (χ3v) is 3.26. The first-order valence-corrected chi connectivity index (χ1v) is 6.15. The van der Waals surface area contributed by atoms with E-state index in [-0.39, 0.29) is 0 Å². The molecule has 1 aliphatic heterocycles. The van der Waals surface area contributed by atoms with Gasteiger partial charge in [0.2, 0.25) is 0 Å². The third-order valence-electron chi connectivity index (χ3n) is 3.26. The lowest BCUT2D eigenvalue weighted by Crippen LogP contribution is -2.35. The summed E-state index contributed by atoms with van der Waals surface area (Å²) in [5.41, 5.74) is 1.29. The maximum atomic E-state index is 11.1. The molecule has 0 saturated carbocycles. The summed E-state index contributed by atoms with van der Waals surface area (Å²) in [7, 11) is 1.69. The first kappa shape index (κ1) is 12.1. The largest absolute Gasteiger partial charge is 0.497 e. The lowest BCUT2D eigenvalue weighted by atomic mass is 10.1. The Morgan fingerprint density at radius 2 is 2.06 bits per heavy atom. The molecule has 1 aromatic rings. The Balaban J connectivity index is 1.82. The van der Waals surface area contributed by atoms with E-state index in [0.29, 0.717) is 5.78 Å². The molecule has 0 amide bonds. The van der Waals surface area contributed by atoms with Gasteiger partial charge in [0.1, 0.15) is 11.5 Å². The van der Waals surface area contributed by atoms with E-state index < -0.39 is 0 Å². The minimum atomic E-state index is 0.405. The number of benzene rings is 1. The highest BCUT2D eigenvalue weighted by Crippen LogP contribution is 2.14. The molecule has 0 radical (unpaired) electrons. The molecule has 0 atom stereocenters. The van der Waals surface area contributed by atoms with Crippen LogP contribution in [0.15, 0.2) is 24.3 Å². The van der Waals surface area contributed by atoms with Crippen LogP contribution in [0.25, 0.3) is 0 Å². The third kappa shape index (κ3) is 3.56. The second kappa shape index (κ2) is 5.82. The topological polar surface area (TPSA) is 29.5 Å². The van der Waals surface area contributed by atoms with Gasteiger partial charge >= 0.3 is 0 Å². The number of likely N-dealkylation sites (tertiary alicyclic amines) is 1. The van der Waals surface area contributed by atoms with E-state index in [0.717, 1.165) is 44.6 Å². The lowest BCUT2D eigenvalue weighted by Gasteiger charge is -2.25. The van der Waals surface area contributed by atoms with Gasteiger partial charge in [-0.05, 0) is 24.1 Å². The minimum absolute atomic E-state index is 0.405. The number of hydrogen-bond acceptors (Lipinski definition) is 3. The highest BCUT2D eigenvalue weighted by Gasteiger charge is 2.15. The normalized spacial score (nSPS) is 17.1. The average molecular weight is 233 g/mol. The average Bonchev–Trinajstić information content (AvgIpc) is 2.38. The second-order valence-electron chi connectivity index (χ2n) is 4.48. The minimum Gasteiger partial charge on any atom is -0.497 e. The fourth-order valence-electron chi connectivity index (χ4n) is 2.14. The Labute approximate surface area is 102 Å². The fraction of sp³-hybridized carbons (Fsp3) is 0.500. The lowest BCUT2D eigenvalue weighted by molar-refractivity contribution is -0.121. The zero-order chi connectivity index (χ0) is 12.1. The van der Waals surface area contributed by atoms with Crippen LogP contribution < -0.4 is 4.74 Å². The van der Waals surface area contributed by atoms with Crippen LogP contribution in [0.1, 0.15) is 18.4 Å². The van der Waals surface area contributed by atoms with E-state index in [1.165, 1.54) is 5.56 Å². The van der Waals surface area contributed by atoms with Crippen molar-refractivity contribution in [1.29, 1.82) is 0 Å². The number of nitrogens with zero attached hydrogens (tertiary/aromatic N) is 1. The molecule has 0 aromatic heterocycles. The van der Waals surface area contributed by atoms with Gasteiger partial charge < -0.3 is 9.64 Å². The monoisotopic (exact) mass is 233 g/mol. The van der Waals surface area contributed by atoms with E-state index in [2.05, 4.69) is 17.0 Å². The Bertz CT molecular complexity index is 380. The van der Waals surface area contributed by atoms with Gasteiger partial charge in [-0.25, -0.2) is 0 Å². The summed E-state index contributed by atoms with van der Waals surface area (Å²) in [6, 6.07) is 8.18. The quantitative estimate of drug-likeness (QED) is 0.795. The SMILES string of the molecule is COc1cccc(CCN2CCC(=O)CC2)c1. The van der Waals surface area contributed by atoms with Crippen LogP contribution in [0.5, 0.6) is 5.75 Å². The molecular weight excluding hydrogens is 214 g/mol. The molecule has 0 N–H and O–H groups in total. The van der Waals surface area contributed by atoms with Gasteiger partial charge in [0.25, 0.3) is 0 Å². The molecule has 92 valence electrons. The van der Waals surface area contributed by atoms with Gasteiger partial charge in [0.15, 0.2) is 0 Å². The molecule has 1 aliphatic rings. The predicted molar refractivity (Wildman–Crippen MR) is 67.4 cm³/mol. The van der Waals surface area contributed by atoms with Crippen LogP contribution in [0.3, 0.4) is 0 Å². The number of Topliss-reactive ketones (excluding diaryl/α,β-unsaturated/α-hetero) is 1. The van der Waals surface area contributed by atoms with Gasteiger partial charge in [-0.2, -0.15) is 0 Å². The van der Waals surface area contributed by atoms with E-state index in [9.17, 15) is 4.79 Å². The van der Waals surface area contributed by atoms with Crippen LogP contribution in [0.2, 0.25) is 0 Å². The summed E-state index contributed by atoms with van der Waals surface area (Å²) >= 11 is 0. The van der Waals surface area contributed by atoms with Gasteiger partial charge in [-0.1, -0.05) is 12.1 Å². The summed E-state index contributed by atoms with van der Waals surface area (Å²) in [4.78, 5) is 13.5. The number of hydrogen-bond donors (Lipinski definition) is 0. The molecule has 0 aliphatic carbocycles. The van der Waals surface area contributed by atoms with Crippen molar-refractivity contribution in [3.05, 3.63) is 29.8 Å². The highest BCUT2D eigenvalue weighted by atomic mass is 16.5. The van der Waals surface area contributed by atoms with E-state index >= 15 is 0 Å². The molecule has 17 heavy (non-hydrogen) atoms. The number of carbonyl (C=O) groups excluding carboxylic acids is 1. The van der Waals surface area contributed by atoms with Crippen molar-refractivity contribution in [2.24, 2.45) is 0 Å². The predicted octanol–water partition coefficient (Wildman–Crippen LogP) is 1.90. The molecule has 3 heteroatoms. The van der Waals surface area contributed by atoms with Crippen LogP contribution >= 0.6 is 0 Å². The molecule has 3 nitrogen and oxygen atoms in total. The van der Waals surface area contributed by atoms with E-state index in [1.807, 2.05) is 12.1 Å². The second-order valence-corrected chi connectivity index (χ2v) is 4.48. The molecule has 0 unspecified atom stereocenters. The van der Waals surface area contributed by atoms with E-state index in [1.54, 1.807) is 7.11 Å². The molecule has 2 rings (SSSR count). The number of carbonyl (C=O) groups is 1. The number of ether oxygens (including phenoxy) is 1. The first-order chi connectivity index (χ1) is 8.28. The van der Waals surface area contributed by atoms with Crippen molar-refractivity contribution in [2.75, 3.05) is 26.7 Å². The van der Waals surface area contributed by atoms with Crippen LogP contribution in [0, 0.1) is 0 Å². The summed E-state index contributed by atoms with van der Waals surface area (Å²) in [5, 5.41) is 0. The van der Waals surface area contributed by atoms with Crippen LogP contribution in [0.4, 0.5) is 0 Å². The zero-order valence-electron chi connectivity index (χ0n) is 10.3. The molecule has 0 spiro atoms. The summed E-state index contributed by atoms with van der Waals surface area (Å²) in [6.45, 7) is 2.87. The highest BCUT2D eigenvalue weighted by molar-refractivity contribution is 5.79. The molecule has 1 saturated heterocycles. The smallest absolute Gasteiger partial charge is 0.135 e.